The fraction of sp³-hybridized carbons (Fsp3) is 0.238. The molecule has 0 unspecified atom stereocenters. The topological polar surface area (TPSA) is 81.3 Å². The van der Waals surface area contributed by atoms with E-state index in [2.05, 4.69) is 5.10 Å². The van der Waals surface area contributed by atoms with Crippen molar-refractivity contribution in [1.29, 1.82) is 0 Å². The molecule has 0 atom stereocenters. The van der Waals surface area contributed by atoms with Crippen molar-refractivity contribution in [2.75, 3.05) is 7.05 Å². The number of hydrogen-bond donors (Lipinski definition) is 0. The summed E-state index contributed by atoms with van der Waals surface area (Å²) in [4.78, 5) is 25.0. The van der Waals surface area contributed by atoms with Gasteiger partial charge in [0.2, 0.25) is 0 Å². The minimum atomic E-state index is -0.404. The van der Waals surface area contributed by atoms with Crippen LogP contribution in [0.4, 0.5) is 5.69 Å². The van der Waals surface area contributed by atoms with E-state index in [1.165, 1.54) is 0 Å². The lowest BCUT2D eigenvalue weighted by atomic mass is 10.1. The maximum Gasteiger partial charge on any atom is 0.312 e. The van der Waals surface area contributed by atoms with Gasteiger partial charge in [-0.3, -0.25) is 19.6 Å². The summed E-state index contributed by atoms with van der Waals surface area (Å²) in [6.07, 6.45) is 0. The second kappa shape index (κ2) is 8.04. The Balaban J connectivity index is 1.70. The number of benzene rings is 2. The molecule has 0 aliphatic rings. The minimum Gasteiger partial charge on any atom is -0.337 e. The van der Waals surface area contributed by atoms with Crippen molar-refractivity contribution in [3.8, 4) is 0 Å². The molecule has 28 heavy (non-hydrogen) atoms. The standard InChI is InChI=1S/C21H22N4O3/c1-15-20(25(27)28)16(2)24(22-15)14-18-9-11-19(12-10-18)21(26)23(3)13-17-7-5-4-6-8-17/h4-12H,13-14H2,1-3H3. The fourth-order valence-electron chi connectivity index (χ4n) is 3.18. The van der Waals surface area contributed by atoms with Crippen molar-refractivity contribution in [3.05, 3.63) is 92.8 Å². The van der Waals surface area contributed by atoms with Gasteiger partial charge >= 0.3 is 5.69 Å². The minimum absolute atomic E-state index is 0.0503. The largest absolute Gasteiger partial charge is 0.337 e. The first-order valence-electron chi connectivity index (χ1n) is 8.93. The van der Waals surface area contributed by atoms with Gasteiger partial charge in [-0.15, -0.1) is 0 Å². The van der Waals surface area contributed by atoms with Crippen molar-refractivity contribution in [2.45, 2.75) is 26.9 Å². The molecule has 0 bridgehead atoms. The molecular weight excluding hydrogens is 356 g/mol. The normalized spacial score (nSPS) is 10.7. The fourth-order valence-corrected chi connectivity index (χ4v) is 3.18. The Hall–Kier alpha value is -3.48. The summed E-state index contributed by atoms with van der Waals surface area (Å²) in [7, 11) is 1.78. The predicted octanol–water partition coefficient (Wildman–Crippen LogP) is 3.73. The van der Waals surface area contributed by atoms with E-state index in [1.807, 2.05) is 42.5 Å². The van der Waals surface area contributed by atoms with E-state index < -0.39 is 4.92 Å². The van der Waals surface area contributed by atoms with Gasteiger partial charge < -0.3 is 4.90 Å². The number of aromatic nitrogens is 2. The van der Waals surface area contributed by atoms with Crippen molar-refractivity contribution in [2.24, 2.45) is 0 Å². The summed E-state index contributed by atoms with van der Waals surface area (Å²) in [6.45, 7) is 4.27. The van der Waals surface area contributed by atoms with Gasteiger partial charge in [0.05, 0.1) is 11.5 Å². The number of aryl methyl sites for hydroxylation is 1. The smallest absolute Gasteiger partial charge is 0.312 e. The third kappa shape index (κ3) is 4.09. The number of rotatable bonds is 6. The number of amides is 1. The summed E-state index contributed by atoms with van der Waals surface area (Å²) in [5.74, 6) is -0.0582. The quantitative estimate of drug-likeness (QED) is 0.483. The average Bonchev–Trinajstić information content (AvgIpc) is 2.96. The van der Waals surface area contributed by atoms with Gasteiger partial charge in [0, 0.05) is 19.2 Å². The molecule has 1 aromatic heterocycles. The van der Waals surface area contributed by atoms with Crippen LogP contribution in [0.2, 0.25) is 0 Å². The molecule has 0 aliphatic heterocycles. The van der Waals surface area contributed by atoms with Gasteiger partial charge in [-0.25, -0.2) is 0 Å². The molecule has 1 amide bonds. The maximum atomic E-state index is 12.6. The van der Waals surface area contributed by atoms with Gasteiger partial charge in [-0.2, -0.15) is 5.10 Å². The number of hydrogen-bond acceptors (Lipinski definition) is 4. The molecule has 3 aromatic rings. The number of carbonyl (C=O) groups is 1. The van der Waals surface area contributed by atoms with Gasteiger partial charge in [-0.1, -0.05) is 42.5 Å². The highest BCUT2D eigenvalue weighted by Crippen LogP contribution is 2.22. The molecule has 0 saturated heterocycles. The molecular formula is C21H22N4O3. The zero-order chi connectivity index (χ0) is 20.3. The first-order valence-corrected chi connectivity index (χ1v) is 8.93. The van der Waals surface area contributed by atoms with Gasteiger partial charge in [0.15, 0.2) is 0 Å². The molecule has 2 aromatic carbocycles. The van der Waals surface area contributed by atoms with Crippen LogP contribution < -0.4 is 0 Å². The SMILES string of the molecule is Cc1nn(Cc2ccc(C(=O)N(C)Cc3ccccc3)cc2)c(C)c1[N+](=O)[O-]. The van der Waals surface area contributed by atoms with Crippen molar-refractivity contribution < 1.29 is 9.72 Å². The Morgan fingerprint density at radius 1 is 1.07 bits per heavy atom. The van der Waals surface area contributed by atoms with E-state index in [0.717, 1.165) is 11.1 Å². The maximum absolute atomic E-state index is 12.6. The lowest BCUT2D eigenvalue weighted by Gasteiger charge is -2.17. The predicted molar refractivity (Wildman–Crippen MR) is 106 cm³/mol. The monoisotopic (exact) mass is 378 g/mol. The van der Waals surface area contributed by atoms with Crippen LogP contribution in [0.15, 0.2) is 54.6 Å². The Kier molecular flexibility index (Phi) is 5.54. The lowest BCUT2D eigenvalue weighted by molar-refractivity contribution is -0.386. The number of nitrogens with zero attached hydrogens (tertiary/aromatic N) is 4. The second-order valence-corrected chi connectivity index (χ2v) is 6.78. The first kappa shape index (κ1) is 19.3. The highest BCUT2D eigenvalue weighted by atomic mass is 16.6. The van der Waals surface area contributed by atoms with Crippen molar-refractivity contribution in [1.82, 2.24) is 14.7 Å². The molecule has 144 valence electrons. The summed E-state index contributed by atoms with van der Waals surface area (Å²) >= 11 is 0. The van der Waals surface area contributed by atoms with Gasteiger partial charge in [-0.05, 0) is 37.1 Å². The average molecular weight is 378 g/mol. The van der Waals surface area contributed by atoms with E-state index >= 15 is 0 Å². The Labute approximate surface area is 163 Å². The molecule has 0 spiro atoms. The molecule has 0 saturated carbocycles. The first-order chi connectivity index (χ1) is 13.4. The number of carbonyl (C=O) groups excluding carboxylic acids is 1. The third-order valence-electron chi connectivity index (χ3n) is 4.67. The lowest BCUT2D eigenvalue weighted by Crippen LogP contribution is -2.26. The number of nitro groups is 1. The highest BCUT2D eigenvalue weighted by Gasteiger charge is 2.21. The molecule has 1 heterocycles. The van der Waals surface area contributed by atoms with Crippen LogP contribution in [0.5, 0.6) is 0 Å². The van der Waals surface area contributed by atoms with E-state index in [0.29, 0.717) is 30.0 Å². The molecule has 0 aliphatic carbocycles. The summed E-state index contributed by atoms with van der Waals surface area (Å²) in [5.41, 5.74) is 3.56. The Bertz CT molecular complexity index is 994. The third-order valence-corrected chi connectivity index (χ3v) is 4.67. The zero-order valence-electron chi connectivity index (χ0n) is 16.1. The van der Waals surface area contributed by atoms with E-state index in [1.54, 1.807) is 42.6 Å². The van der Waals surface area contributed by atoms with E-state index in [4.69, 9.17) is 0 Å². The molecule has 3 rings (SSSR count). The Morgan fingerprint density at radius 2 is 1.71 bits per heavy atom. The molecule has 0 radical (unpaired) electrons. The van der Waals surface area contributed by atoms with Crippen LogP contribution in [-0.2, 0) is 13.1 Å². The van der Waals surface area contributed by atoms with E-state index in [-0.39, 0.29) is 11.6 Å². The van der Waals surface area contributed by atoms with Crippen LogP contribution in [0.25, 0.3) is 0 Å². The molecule has 7 nitrogen and oxygen atoms in total. The van der Waals surface area contributed by atoms with Crippen LogP contribution in [0.3, 0.4) is 0 Å². The van der Waals surface area contributed by atoms with E-state index in [9.17, 15) is 14.9 Å². The summed E-state index contributed by atoms with van der Waals surface area (Å²) < 4.78 is 1.62. The van der Waals surface area contributed by atoms with Crippen LogP contribution in [0.1, 0.15) is 32.9 Å². The summed E-state index contributed by atoms with van der Waals surface area (Å²) in [6, 6.07) is 17.1. The van der Waals surface area contributed by atoms with Gasteiger partial charge in [0.25, 0.3) is 5.91 Å². The Morgan fingerprint density at radius 3 is 2.29 bits per heavy atom. The van der Waals surface area contributed by atoms with Crippen molar-refractivity contribution >= 4 is 11.6 Å². The molecule has 0 fully saturated rings. The van der Waals surface area contributed by atoms with Crippen LogP contribution >= 0.6 is 0 Å². The van der Waals surface area contributed by atoms with Crippen molar-refractivity contribution in [3.63, 3.8) is 0 Å². The highest BCUT2D eigenvalue weighted by molar-refractivity contribution is 5.94. The molecule has 0 N–H and O–H groups in total. The molecule has 7 heteroatoms. The zero-order valence-corrected chi connectivity index (χ0v) is 16.1. The van der Waals surface area contributed by atoms with Gasteiger partial charge in [0.1, 0.15) is 11.4 Å². The van der Waals surface area contributed by atoms with Crippen LogP contribution in [-0.4, -0.2) is 32.6 Å². The second-order valence-electron chi connectivity index (χ2n) is 6.78. The summed E-state index contributed by atoms with van der Waals surface area (Å²) in [5, 5.41) is 15.4. The van der Waals surface area contributed by atoms with Crippen LogP contribution in [0, 0.1) is 24.0 Å².